The molecule has 0 spiro atoms. The maximum atomic E-state index is 11.1. The molecule has 110 valence electrons. The van der Waals surface area contributed by atoms with Gasteiger partial charge in [-0.25, -0.2) is 0 Å². The predicted octanol–water partition coefficient (Wildman–Crippen LogP) is 3.77. The Morgan fingerprint density at radius 2 is 1.74 bits per heavy atom. The van der Waals surface area contributed by atoms with Crippen molar-refractivity contribution in [3.63, 3.8) is 0 Å². The fourth-order valence-corrected chi connectivity index (χ4v) is 2.96. The van der Waals surface area contributed by atoms with Gasteiger partial charge in [0.1, 0.15) is 0 Å². The van der Waals surface area contributed by atoms with Crippen LogP contribution in [0.1, 0.15) is 52.4 Å². The second-order valence-electron chi connectivity index (χ2n) is 6.15. The van der Waals surface area contributed by atoms with Crippen molar-refractivity contribution in [1.29, 1.82) is 0 Å². The van der Waals surface area contributed by atoms with E-state index in [4.69, 9.17) is 0 Å². The number of hydrogen-bond donors (Lipinski definition) is 1. The molecule has 0 saturated carbocycles. The molecular formula is C17H31NO. The van der Waals surface area contributed by atoms with Crippen molar-refractivity contribution in [3.05, 3.63) is 23.8 Å². The van der Waals surface area contributed by atoms with Crippen LogP contribution in [-0.2, 0) is 0 Å². The van der Waals surface area contributed by atoms with Crippen LogP contribution in [0.15, 0.2) is 23.8 Å². The highest BCUT2D eigenvalue weighted by Crippen LogP contribution is 2.37. The van der Waals surface area contributed by atoms with E-state index >= 15 is 0 Å². The molecule has 2 nitrogen and oxygen atoms in total. The molecule has 0 bridgehead atoms. The van der Waals surface area contributed by atoms with Gasteiger partial charge < -0.3 is 10.0 Å². The van der Waals surface area contributed by atoms with Crippen molar-refractivity contribution in [2.24, 2.45) is 5.92 Å². The Labute approximate surface area is 119 Å². The molecule has 1 aliphatic rings. The van der Waals surface area contributed by atoms with Gasteiger partial charge in [0.15, 0.2) is 0 Å². The smallest absolute Gasteiger partial charge is 0.0747 e. The Morgan fingerprint density at radius 3 is 2.21 bits per heavy atom. The molecule has 0 aromatic rings. The summed E-state index contributed by atoms with van der Waals surface area (Å²) in [7, 11) is 4.18. The Morgan fingerprint density at radius 1 is 1.16 bits per heavy atom. The largest absolute Gasteiger partial charge is 0.389 e. The molecule has 0 aromatic heterocycles. The molecule has 1 aliphatic carbocycles. The first-order valence-electron chi connectivity index (χ1n) is 7.78. The van der Waals surface area contributed by atoms with Crippen LogP contribution in [0.25, 0.3) is 0 Å². The highest BCUT2D eigenvalue weighted by molar-refractivity contribution is 5.32. The Kier molecular flexibility index (Phi) is 6.81. The molecule has 0 saturated heterocycles. The zero-order chi connectivity index (χ0) is 14.3. The van der Waals surface area contributed by atoms with Gasteiger partial charge in [0.2, 0.25) is 0 Å². The van der Waals surface area contributed by atoms with E-state index in [0.717, 1.165) is 45.1 Å². The minimum atomic E-state index is -0.541. The van der Waals surface area contributed by atoms with E-state index in [1.807, 2.05) is 0 Å². The van der Waals surface area contributed by atoms with Gasteiger partial charge in [-0.15, -0.1) is 0 Å². The van der Waals surface area contributed by atoms with Crippen molar-refractivity contribution < 1.29 is 5.11 Å². The average molecular weight is 265 g/mol. The van der Waals surface area contributed by atoms with E-state index in [0.29, 0.717) is 0 Å². The van der Waals surface area contributed by atoms with E-state index in [1.54, 1.807) is 0 Å². The fourth-order valence-electron chi connectivity index (χ4n) is 2.96. The monoisotopic (exact) mass is 265 g/mol. The van der Waals surface area contributed by atoms with E-state index in [2.05, 4.69) is 51.1 Å². The predicted molar refractivity (Wildman–Crippen MR) is 83.3 cm³/mol. The minimum Gasteiger partial charge on any atom is -0.389 e. The van der Waals surface area contributed by atoms with Gasteiger partial charge in [0.05, 0.1) is 5.60 Å². The van der Waals surface area contributed by atoms with Gasteiger partial charge in [0, 0.05) is 12.5 Å². The zero-order valence-corrected chi connectivity index (χ0v) is 13.2. The number of likely N-dealkylation sites (N-methyl/N-ethyl adjacent to an activating group) is 1. The summed E-state index contributed by atoms with van der Waals surface area (Å²) in [4.78, 5) is 2.19. The van der Waals surface area contributed by atoms with Gasteiger partial charge in [-0.1, -0.05) is 57.8 Å². The van der Waals surface area contributed by atoms with Crippen molar-refractivity contribution in [3.8, 4) is 0 Å². The summed E-state index contributed by atoms with van der Waals surface area (Å²) in [5.41, 5.74) is 0.820. The lowest BCUT2D eigenvalue weighted by Crippen LogP contribution is -2.39. The molecule has 0 fully saturated rings. The number of rotatable bonds is 9. The maximum Gasteiger partial charge on any atom is 0.0747 e. The van der Waals surface area contributed by atoms with Crippen LogP contribution in [0.5, 0.6) is 0 Å². The molecule has 0 aromatic carbocycles. The number of nitrogens with zero attached hydrogens (tertiary/aromatic N) is 1. The molecule has 0 heterocycles. The van der Waals surface area contributed by atoms with Gasteiger partial charge >= 0.3 is 0 Å². The summed E-state index contributed by atoms with van der Waals surface area (Å²) in [6.45, 7) is 5.33. The zero-order valence-electron chi connectivity index (χ0n) is 13.2. The first-order valence-corrected chi connectivity index (χ1v) is 7.78. The molecule has 0 radical (unpaired) electrons. The Bertz CT molecular complexity index is 309. The number of unbranched alkanes of at least 4 members (excludes halogenated alkanes) is 2. The first-order chi connectivity index (χ1) is 9.03. The molecule has 1 N–H and O–H groups in total. The van der Waals surface area contributed by atoms with Crippen LogP contribution in [0.4, 0.5) is 0 Å². The van der Waals surface area contributed by atoms with Crippen molar-refractivity contribution >= 4 is 0 Å². The summed E-state index contributed by atoms with van der Waals surface area (Å²) >= 11 is 0. The van der Waals surface area contributed by atoms with Gasteiger partial charge in [-0.05, 0) is 32.5 Å². The van der Waals surface area contributed by atoms with E-state index in [9.17, 15) is 5.11 Å². The van der Waals surface area contributed by atoms with Gasteiger partial charge in [-0.2, -0.15) is 0 Å². The highest BCUT2D eigenvalue weighted by Gasteiger charge is 2.37. The topological polar surface area (TPSA) is 23.5 Å². The standard InChI is InChI=1S/C17H31NO/c1-5-7-12-17(19,13-8-6-2)16-11-9-10-15(16)14-18(3)4/h9-11,16,19H,5-8,12-14H2,1-4H3. The third-order valence-electron chi connectivity index (χ3n) is 4.02. The van der Waals surface area contributed by atoms with Crippen molar-refractivity contribution in [2.45, 2.75) is 58.0 Å². The molecule has 2 heteroatoms. The van der Waals surface area contributed by atoms with Gasteiger partial charge in [0.25, 0.3) is 0 Å². The van der Waals surface area contributed by atoms with Crippen LogP contribution in [0.3, 0.4) is 0 Å². The Balaban J connectivity index is 2.78. The highest BCUT2D eigenvalue weighted by atomic mass is 16.3. The summed E-state index contributed by atoms with van der Waals surface area (Å²) < 4.78 is 0. The number of allylic oxidation sites excluding steroid dienone is 2. The third-order valence-corrected chi connectivity index (χ3v) is 4.02. The summed E-state index contributed by atoms with van der Waals surface area (Å²) in [6, 6.07) is 0. The maximum absolute atomic E-state index is 11.1. The second kappa shape index (κ2) is 7.86. The molecule has 19 heavy (non-hydrogen) atoms. The lowest BCUT2D eigenvalue weighted by atomic mass is 9.76. The summed E-state index contributed by atoms with van der Waals surface area (Å²) in [5, 5.41) is 11.1. The first kappa shape index (κ1) is 16.5. The second-order valence-corrected chi connectivity index (χ2v) is 6.15. The van der Waals surface area contributed by atoms with E-state index in [1.165, 1.54) is 5.57 Å². The lowest BCUT2D eigenvalue weighted by molar-refractivity contribution is -0.00923. The van der Waals surface area contributed by atoms with Gasteiger partial charge in [-0.3, -0.25) is 0 Å². The number of aliphatic hydroxyl groups is 1. The van der Waals surface area contributed by atoms with Crippen molar-refractivity contribution in [1.82, 2.24) is 4.90 Å². The quantitative estimate of drug-likeness (QED) is 0.686. The molecule has 0 aliphatic heterocycles. The summed E-state index contributed by atoms with van der Waals surface area (Å²) in [5.74, 6) is 0.216. The Hall–Kier alpha value is -0.600. The van der Waals surface area contributed by atoms with Crippen LogP contribution >= 0.6 is 0 Å². The van der Waals surface area contributed by atoms with E-state index < -0.39 is 5.60 Å². The normalized spacial score (nSPS) is 19.3. The molecule has 0 amide bonds. The lowest BCUT2D eigenvalue weighted by Gasteiger charge is -2.36. The minimum absolute atomic E-state index is 0.216. The van der Waals surface area contributed by atoms with Crippen molar-refractivity contribution in [2.75, 3.05) is 20.6 Å². The SMILES string of the molecule is CCCCC(O)(CCCC)C1C=CC=C1CN(C)C. The fraction of sp³-hybridized carbons (Fsp3) is 0.765. The molecular weight excluding hydrogens is 234 g/mol. The number of hydrogen-bond acceptors (Lipinski definition) is 2. The van der Waals surface area contributed by atoms with Crippen LogP contribution in [0, 0.1) is 5.92 Å². The molecule has 1 rings (SSSR count). The van der Waals surface area contributed by atoms with Crippen LogP contribution in [0.2, 0.25) is 0 Å². The van der Waals surface area contributed by atoms with Crippen LogP contribution < -0.4 is 0 Å². The average Bonchev–Trinajstić information content (AvgIpc) is 2.82. The molecule has 1 atom stereocenters. The van der Waals surface area contributed by atoms with Crippen LogP contribution in [-0.4, -0.2) is 36.2 Å². The summed E-state index contributed by atoms with van der Waals surface area (Å²) in [6.07, 6.45) is 12.9. The molecule has 1 unspecified atom stereocenters. The van der Waals surface area contributed by atoms with E-state index in [-0.39, 0.29) is 5.92 Å². The third kappa shape index (κ3) is 4.77.